The molecule has 8 nitrogen and oxygen atoms in total. The fraction of sp³-hybridized carbons (Fsp3) is 0.636. The molecule has 1 amide bonds. The first kappa shape index (κ1) is 13.1. The highest BCUT2D eigenvalue weighted by Gasteiger charge is 2.20. The van der Waals surface area contributed by atoms with E-state index >= 15 is 0 Å². The van der Waals surface area contributed by atoms with Gasteiger partial charge in [0.1, 0.15) is 5.01 Å². The zero-order chi connectivity index (χ0) is 13.8. The van der Waals surface area contributed by atoms with E-state index in [1.165, 1.54) is 43.4 Å². The summed E-state index contributed by atoms with van der Waals surface area (Å²) in [6.07, 6.45) is 6.24. The Morgan fingerprint density at radius 1 is 1.25 bits per heavy atom. The summed E-state index contributed by atoms with van der Waals surface area (Å²) < 4.78 is 0. The van der Waals surface area contributed by atoms with Crippen LogP contribution in [0.25, 0.3) is 0 Å². The summed E-state index contributed by atoms with van der Waals surface area (Å²) in [4.78, 5) is 11.8. The Bertz CT molecular complexity index is 561. The maximum Gasteiger partial charge on any atom is 0.234 e. The predicted molar refractivity (Wildman–Crippen MR) is 72.2 cm³/mol. The summed E-state index contributed by atoms with van der Waals surface area (Å²) in [5.74, 6) is 0.654. The van der Waals surface area contributed by atoms with E-state index in [4.69, 9.17) is 0 Å². The van der Waals surface area contributed by atoms with E-state index in [9.17, 15) is 4.79 Å². The van der Waals surface area contributed by atoms with Gasteiger partial charge in [0.15, 0.2) is 5.82 Å². The van der Waals surface area contributed by atoms with Crippen LogP contribution in [-0.4, -0.2) is 36.7 Å². The van der Waals surface area contributed by atoms with Gasteiger partial charge in [-0.1, -0.05) is 35.8 Å². The molecule has 106 valence electrons. The third kappa shape index (κ3) is 3.16. The number of aromatic nitrogens is 6. The molecule has 2 aromatic heterocycles. The van der Waals surface area contributed by atoms with Crippen molar-refractivity contribution in [2.75, 3.05) is 5.32 Å². The predicted octanol–water partition coefficient (Wildman–Crippen LogP) is 1.28. The first-order valence-corrected chi connectivity index (χ1v) is 7.48. The second-order valence-corrected chi connectivity index (χ2v) is 5.84. The van der Waals surface area contributed by atoms with Gasteiger partial charge in [0.2, 0.25) is 11.0 Å². The van der Waals surface area contributed by atoms with Crippen LogP contribution >= 0.6 is 11.3 Å². The molecule has 20 heavy (non-hydrogen) atoms. The van der Waals surface area contributed by atoms with Gasteiger partial charge < -0.3 is 5.32 Å². The molecule has 0 aromatic carbocycles. The van der Waals surface area contributed by atoms with Crippen LogP contribution < -0.4 is 5.32 Å². The summed E-state index contributed by atoms with van der Waals surface area (Å²) in [5.41, 5.74) is 0. The van der Waals surface area contributed by atoms with Crippen molar-refractivity contribution in [1.29, 1.82) is 0 Å². The molecular weight excluding hydrogens is 278 g/mol. The van der Waals surface area contributed by atoms with E-state index in [0.29, 0.717) is 16.9 Å². The van der Waals surface area contributed by atoms with Crippen LogP contribution in [0.3, 0.4) is 0 Å². The fourth-order valence-corrected chi connectivity index (χ4v) is 3.29. The highest BCUT2D eigenvalue weighted by molar-refractivity contribution is 7.15. The average molecular weight is 293 g/mol. The van der Waals surface area contributed by atoms with E-state index < -0.39 is 0 Å². The zero-order valence-corrected chi connectivity index (χ0v) is 11.7. The number of H-pyrrole nitrogens is 1. The molecule has 0 atom stereocenters. The average Bonchev–Trinajstić information content (AvgIpc) is 3.11. The van der Waals surface area contributed by atoms with Crippen LogP contribution in [-0.2, 0) is 11.2 Å². The summed E-state index contributed by atoms with van der Waals surface area (Å²) in [6.45, 7) is 0. The minimum Gasteiger partial charge on any atom is -0.300 e. The van der Waals surface area contributed by atoms with Gasteiger partial charge in [-0.3, -0.25) is 4.79 Å². The number of aromatic amines is 1. The maximum absolute atomic E-state index is 11.8. The maximum atomic E-state index is 11.8. The number of tetrazole rings is 1. The van der Waals surface area contributed by atoms with Gasteiger partial charge in [-0.25, -0.2) is 0 Å². The summed E-state index contributed by atoms with van der Waals surface area (Å²) >= 11 is 1.46. The first-order valence-electron chi connectivity index (χ1n) is 6.67. The highest BCUT2D eigenvalue weighted by Crippen LogP contribution is 2.35. The smallest absolute Gasteiger partial charge is 0.234 e. The molecule has 0 spiro atoms. The van der Waals surface area contributed by atoms with Crippen molar-refractivity contribution in [2.45, 2.75) is 44.4 Å². The van der Waals surface area contributed by atoms with Crippen LogP contribution in [0, 0.1) is 0 Å². The zero-order valence-electron chi connectivity index (χ0n) is 10.9. The number of hydrogen-bond donors (Lipinski definition) is 2. The number of hydrogen-bond acceptors (Lipinski definition) is 7. The minimum atomic E-state index is -0.210. The van der Waals surface area contributed by atoms with Crippen molar-refractivity contribution < 1.29 is 4.79 Å². The number of rotatable bonds is 4. The lowest BCUT2D eigenvalue weighted by atomic mass is 9.90. The van der Waals surface area contributed by atoms with Crippen molar-refractivity contribution in [3.05, 3.63) is 10.8 Å². The molecule has 2 N–H and O–H groups in total. The second kappa shape index (κ2) is 6.04. The van der Waals surface area contributed by atoms with Gasteiger partial charge in [0.25, 0.3) is 0 Å². The standard InChI is InChI=1S/C11H15N7OS/c19-9(6-8-13-17-18-14-8)12-11-16-15-10(20-11)7-4-2-1-3-5-7/h7H,1-6H2,(H,12,16,19)(H,13,14,17,18). The molecule has 1 aliphatic carbocycles. The van der Waals surface area contributed by atoms with Crippen molar-refractivity contribution in [1.82, 2.24) is 30.8 Å². The van der Waals surface area contributed by atoms with E-state index in [-0.39, 0.29) is 12.3 Å². The van der Waals surface area contributed by atoms with Gasteiger partial charge in [-0.2, -0.15) is 5.21 Å². The summed E-state index contributed by atoms with van der Waals surface area (Å²) in [6, 6.07) is 0. The molecule has 0 unspecified atom stereocenters. The third-order valence-corrected chi connectivity index (χ3v) is 4.35. The van der Waals surface area contributed by atoms with E-state index in [0.717, 1.165) is 5.01 Å². The number of carbonyl (C=O) groups is 1. The Morgan fingerprint density at radius 3 is 2.85 bits per heavy atom. The second-order valence-electron chi connectivity index (χ2n) is 4.83. The lowest BCUT2D eigenvalue weighted by Gasteiger charge is -2.18. The number of carbonyl (C=O) groups excluding carboxylic acids is 1. The Balaban J connectivity index is 1.57. The van der Waals surface area contributed by atoms with E-state index in [1.54, 1.807) is 0 Å². The van der Waals surface area contributed by atoms with Crippen LogP contribution in [0.15, 0.2) is 0 Å². The quantitative estimate of drug-likeness (QED) is 0.878. The third-order valence-electron chi connectivity index (χ3n) is 3.35. The molecule has 0 radical (unpaired) electrons. The molecule has 2 heterocycles. The fourth-order valence-electron chi connectivity index (χ4n) is 2.36. The SMILES string of the molecule is O=C(Cc1nn[nH]n1)Nc1nnc(C2CCCCC2)s1. The molecule has 0 bridgehead atoms. The highest BCUT2D eigenvalue weighted by atomic mass is 32.1. The van der Waals surface area contributed by atoms with Crippen LogP contribution in [0.4, 0.5) is 5.13 Å². The Hall–Kier alpha value is -1.90. The normalized spacial score (nSPS) is 16.2. The van der Waals surface area contributed by atoms with Crippen LogP contribution in [0.2, 0.25) is 0 Å². The largest absolute Gasteiger partial charge is 0.300 e. The van der Waals surface area contributed by atoms with E-state index in [2.05, 4.69) is 36.1 Å². The van der Waals surface area contributed by atoms with E-state index in [1.807, 2.05) is 0 Å². The molecule has 0 aliphatic heterocycles. The van der Waals surface area contributed by atoms with Crippen molar-refractivity contribution in [2.24, 2.45) is 0 Å². The molecule has 2 aromatic rings. The number of nitrogens with zero attached hydrogens (tertiary/aromatic N) is 5. The molecule has 3 rings (SSSR count). The number of nitrogens with one attached hydrogen (secondary N) is 2. The van der Waals surface area contributed by atoms with Crippen molar-refractivity contribution in [3.8, 4) is 0 Å². The number of anilines is 1. The molecule has 1 fully saturated rings. The van der Waals surface area contributed by atoms with Crippen molar-refractivity contribution >= 4 is 22.4 Å². The van der Waals surface area contributed by atoms with Gasteiger partial charge in [0, 0.05) is 5.92 Å². The molecule has 0 saturated heterocycles. The van der Waals surface area contributed by atoms with Crippen molar-refractivity contribution in [3.63, 3.8) is 0 Å². The molecule has 1 saturated carbocycles. The monoisotopic (exact) mass is 293 g/mol. The minimum absolute atomic E-state index is 0.0782. The van der Waals surface area contributed by atoms with Gasteiger partial charge in [-0.15, -0.1) is 20.4 Å². The Morgan fingerprint density at radius 2 is 2.10 bits per heavy atom. The Kier molecular flexibility index (Phi) is 3.95. The first-order chi connectivity index (χ1) is 9.81. The molecular formula is C11H15N7OS. The lowest BCUT2D eigenvalue weighted by Crippen LogP contribution is -2.15. The summed E-state index contributed by atoms with van der Waals surface area (Å²) in [7, 11) is 0. The molecule has 1 aliphatic rings. The van der Waals surface area contributed by atoms with Gasteiger partial charge in [-0.05, 0) is 12.8 Å². The topological polar surface area (TPSA) is 109 Å². The number of amides is 1. The van der Waals surface area contributed by atoms with Crippen LogP contribution in [0.1, 0.15) is 48.9 Å². The van der Waals surface area contributed by atoms with Crippen LogP contribution in [0.5, 0.6) is 0 Å². The molecule has 9 heteroatoms. The lowest BCUT2D eigenvalue weighted by molar-refractivity contribution is -0.115. The van der Waals surface area contributed by atoms with Gasteiger partial charge in [0.05, 0.1) is 6.42 Å². The Labute approximate surface area is 119 Å². The van der Waals surface area contributed by atoms with Gasteiger partial charge >= 0.3 is 0 Å². The summed E-state index contributed by atoms with van der Waals surface area (Å²) in [5, 5.41) is 25.7.